The lowest BCUT2D eigenvalue weighted by atomic mass is 9.80. The average molecular weight is 240 g/mol. The van der Waals surface area contributed by atoms with Crippen molar-refractivity contribution in [2.75, 3.05) is 20.2 Å². The van der Waals surface area contributed by atoms with E-state index in [2.05, 4.69) is 6.92 Å². The highest BCUT2D eigenvalue weighted by Crippen LogP contribution is 2.29. The number of ether oxygens (including phenoxy) is 1. The zero-order valence-electron chi connectivity index (χ0n) is 10.9. The van der Waals surface area contributed by atoms with Crippen LogP contribution in [0.4, 0.5) is 0 Å². The normalized spacial score (nSPS) is 36.6. The standard InChI is InChI=1S/C13H24N2O2/c1-3-12-11(4-5-17-12)13(16)15(2)8-9-6-10(14)7-9/h9-12H,3-8,14H2,1-2H3. The van der Waals surface area contributed by atoms with Gasteiger partial charge in [0, 0.05) is 26.2 Å². The molecule has 1 aliphatic heterocycles. The van der Waals surface area contributed by atoms with E-state index < -0.39 is 0 Å². The number of hydrogen-bond donors (Lipinski definition) is 1. The highest BCUT2D eigenvalue weighted by molar-refractivity contribution is 5.79. The van der Waals surface area contributed by atoms with E-state index >= 15 is 0 Å². The van der Waals surface area contributed by atoms with Crippen molar-refractivity contribution in [3.8, 4) is 0 Å². The summed E-state index contributed by atoms with van der Waals surface area (Å²) in [6.07, 6.45) is 4.07. The first kappa shape index (κ1) is 12.8. The molecule has 2 fully saturated rings. The second-order valence-electron chi connectivity index (χ2n) is 5.53. The Labute approximate surface area is 103 Å². The molecule has 1 heterocycles. The zero-order chi connectivity index (χ0) is 12.4. The van der Waals surface area contributed by atoms with Crippen molar-refractivity contribution in [3.05, 3.63) is 0 Å². The number of nitrogens with zero attached hydrogens (tertiary/aromatic N) is 1. The molecule has 0 radical (unpaired) electrons. The number of carbonyl (C=O) groups excluding carboxylic acids is 1. The second-order valence-corrected chi connectivity index (χ2v) is 5.53. The minimum absolute atomic E-state index is 0.0822. The van der Waals surface area contributed by atoms with Gasteiger partial charge >= 0.3 is 0 Å². The molecule has 98 valence electrons. The van der Waals surface area contributed by atoms with Crippen LogP contribution in [0.2, 0.25) is 0 Å². The van der Waals surface area contributed by atoms with Gasteiger partial charge in [-0.15, -0.1) is 0 Å². The molecule has 1 aliphatic carbocycles. The monoisotopic (exact) mass is 240 g/mol. The third-order valence-electron chi connectivity index (χ3n) is 4.11. The SMILES string of the molecule is CCC1OCCC1C(=O)N(C)CC1CC(N)C1. The first-order valence-electron chi connectivity index (χ1n) is 6.74. The number of rotatable bonds is 4. The summed E-state index contributed by atoms with van der Waals surface area (Å²) in [5, 5.41) is 0. The molecule has 0 aromatic carbocycles. The fourth-order valence-corrected chi connectivity index (χ4v) is 3.03. The maximum Gasteiger partial charge on any atom is 0.228 e. The van der Waals surface area contributed by atoms with Gasteiger partial charge in [-0.3, -0.25) is 4.79 Å². The topological polar surface area (TPSA) is 55.6 Å². The Morgan fingerprint density at radius 2 is 2.18 bits per heavy atom. The fourth-order valence-electron chi connectivity index (χ4n) is 3.03. The van der Waals surface area contributed by atoms with Gasteiger partial charge < -0.3 is 15.4 Å². The van der Waals surface area contributed by atoms with Gasteiger partial charge in [-0.25, -0.2) is 0 Å². The molecular formula is C13H24N2O2. The van der Waals surface area contributed by atoms with Crippen molar-refractivity contribution in [2.24, 2.45) is 17.6 Å². The summed E-state index contributed by atoms with van der Waals surface area (Å²) in [6.45, 7) is 3.68. The fraction of sp³-hybridized carbons (Fsp3) is 0.923. The van der Waals surface area contributed by atoms with E-state index in [9.17, 15) is 4.79 Å². The van der Waals surface area contributed by atoms with Crippen molar-refractivity contribution in [1.82, 2.24) is 4.90 Å². The molecule has 2 unspecified atom stereocenters. The van der Waals surface area contributed by atoms with Crippen LogP contribution in [-0.2, 0) is 9.53 Å². The number of hydrogen-bond acceptors (Lipinski definition) is 3. The number of nitrogens with two attached hydrogens (primary N) is 1. The molecule has 0 bridgehead atoms. The molecule has 2 rings (SSSR count). The van der Waals surface area contributed by atoms with Crippen LogP contribution in [0.5, 0.6) is 0 Å². The lowest BCUT2D eigenvalue weighted by molar-refractivity contribution is -0.137. The third kappa shape index (κ3) is 2.80. The van der Waals surface area contributed by atoms with E-state index in [0.717, 1.165) is 38.8 Å². The third-order valence-corrected chi connectivity index (χ3v) is 4.11. The molecule has 0 aromatic heterocycles. The van der Waals surface area contributed by atoms with Gasteiger partial charge in [0.25, 0.3) is 0 Å². The first-order valence-corrected chi connectivity index (χ1v) is 6.74. The molecule has 1 saturated carbocycles. The van der Waals surface area contributed by atoms with Crippen LogP contribution in [0.3, 0.4) is 0 Å². The number of carbonyl (C=O) groups is 1. The summed E-state index contributed by atoms with van der Waals surface area (Å²) < 4.78 is 5.58. The molecule has 1 amide bonds. The highest BCUT2D eigenvalue weighted by atomic mass is 16.5. The van der Waals surface area contributed by atoms with Crippen LogP contribution in [0, 0.1) is 11.8 Å². The van der Waals surface area contributed by atoms with E-state index in [0.29, 0.717) is 12.0 Å². The lowest BCUT2D eigenvalue weighted by Crippen LogP contribution is -2.45. The van der Waals surface area contributed by atoms with Gasteiger partial charge in [0.2, 0.25) is 5.91 Å². The summed E-state index contributed by atoms with van der Waals surface area (Å²) >= 11 is 0. The van der Waals surface area contributed by atoms with Gasteiger partial charge in [0.1, 0.15) is 0 Å². The average Bonchev–Trinajstić information content (AvgIpc) is 2.73. The summed E-state index contributed by atoms with van der Waals surface area (Å²) in [7, 11) is 1.91. The number of amides is 1. The summed E-state index contributed by atoms with van der Waals surface area (Å²) in [5.74, 6) is 0.954. The van der Waals surface area contributed by atoms with Gasteiger partial charge in [0.05, 0.1) is 12.0 Å². The molecule has 4 nitrogen and oxygen atoms in total. The quantitative estimate of drug-likeness (QED) is 0.797. The molecule has 17 heavy (non-hydrogen) atoms. The Morgan fingerprint density at radius 3 is 2.76 bits per heavy atom. The summed E-state index contributed by atoms with van der Waals surface area (Å²) in [4.78, 5) is 14.2. The molecule has 4 heteroatoms. The first-order chi connectivity index (χ1) is 8.11. The lowest BCUT2D eigenvalue weighted by Gasteiger charge is -2.36. The van der Waals surface area contributed by atoms with Crippen LogP contribution >= 0.6 is 0 Å². The molecule has 2 aliphatic rings. The van der Waals surface area contributed by atoms with E-state index in [4.69, 9.17) is 10.5 Å². The molecule has 0 aromatic rings. The Hall–Kier alpha value is -0.610. The van der Waals surface area contributed by atoms with E-state index in [-0.39, 0.29) is 17.9 Å². The van der Waals surface area contributed by atoms with Crippen LogP contribution in [-0.4, -0.2) is 43.2 Å². The predicted octanol–water partition coefficient (Wildman–Crippen LogP) is 0.997. The van der Waals surface area contributed by atoms with Crippen LogP contribution < -0.4 is 5.73 Å². The predicted molar refractivity (Wildman–Crippen MR) is 66.5 cm³/mol. The highest BCUT2D eigenvalue weighted by Gasteiger charge is 2.36. The van der Waals surface area contributed by atoms with Crippen LogP contribution in [0.15, 0.2) is 0 Å². The van der Waals surface area contributed by atoms with Crippen LogP contribution in [0.1, 0.15) is 32.6 Å². The molecule has 2 N–H and O–H groups in total. The zero-order valence-corrected chi connectivity index (χ0v) is 10.9. The van der Waals surface area contributed by atoms with Crippen molar-refractivity contribution in [1.29, 1.82) is 0 Å². The Morgan fingerprint density at radius 1 is 1.47 bits per heavy atom. The molecular weight excluding hydrogens is 216 g/mol. The Bertz CT molecular complexity index is 277. The van der Waals surface area contributed by atoms with Crippen molar-refractivity contribution < 1.29 is 9.53 Å². The Kier molecular flexibility index (Phi) is 4.05. The van der Waals surface area contributed by atoms with Crippen molar-refractivity contribution in [3.63, 3.8) is 0 Å². The minimum atomic E-state index is 0.0822. The van der Waals surface area contributed by atoms with Gasteiger partial charge in [-0.2, -0.15) is 0 Å². The van der Waals surface area contributed by atoms with Crippen molar-refractivity contribution in [2.45, 2.75) is 44.8 Å². The summed E-state index contributed by atoms with van der Waals surface area (Å²) in [6, 6.07) is 0.363. The van der Waals surface area contributed by atoms with E-state index in [1.54, 1.807) is 0 Å². The maximum atomic E-state index is 12.3. The van der Waals surface area contributed by atoms with Gasteiger partial charge in [0.15, 0.2) is 0 Å². The largest absolute Gasteiger partial charge is 0.377 e. The smallest absolute Gasteiger partial charge is 0.228 e. The van der Waals surface area contributed by atoms with Crippen molar-refractivity contribution >= 4 is 5.91 Å². The van der Waals surface area contributed by atoms with Crippen LogP contribution in [0.25, 0.3) is 0 Å². The second kappa shape index (κ2) is 5.36. The van der Waals surface area contributed by atoms with E-state index in [1.165, 1.54) is 0 Å². The molecule has 2 atom stereocenters. The summed E-state index contributed by atoms with van der Waals surface area (Å²) in [5.41, 5.74) is 5.76. The van der Waals surface area contributed by atoms with E-state index in [1.807, 2.05) is 11.9 Å². The molecule has 1 saturated heterocycles. The van der Waals surface area contributed by atoms with Gasteiger partial charge in [-0.1, -0.05) is 6.92 Å². The maximum absolute atomic E-state index is 12.3. The van der Waals surface area contributed by atoms with Gasteiger partial charge in [-0.05, 0) is 31.6 Å². The minimum Gasteiger partial charge on any atom is -0.377 e. The Balaban J connectivity index is 1.82. The molecule has 0 spiro atoms.